The zero-order chi connectivity index (χ0) is 9.03. The molecule has 0 aromatic heterocycles. The number of carbonyl (C=O) groups excluding carboxylic acids is 1. The van der Waals surface area contributed by atoms with Crippen LogP contribution in [0.2, 0.25) is 18.6 Å². The van der Waals surface area contributed by atoms with E-state index < -0.39 is 8.07 Å². The van der Waals surface area contributed by atoms with Crippen molar-refractivity contribution in [3.8, 4) is 0 Å². The zero-order valence-electron chi connectivity index (χ0n) is 7.94. The molecule has 1 aliphatic rings. The lowest BCUT2D eigenvalue weighted by atomic mass is 10.2. The summed E-state index contributed by atoms with van der Waals surface area (Å²) in [5.74, 6) is 0. The van der Waals surface area contributed by atoms with Crippen LogP contribution >= 0.6 is 0 Å². The highest BCUT2D eigenvalue weighted by Gasteiger charge is 2.31. The monoisotopic (exact) mass is 182 g/mol. The molecule has 1 fully saturated rings. The Kier molecular flexibility index (Phi) is 3.26. The van der Waals surface area contributed by atoms with E-state index in [0.717, 1.165) is 18.8 Å². The molecule has 0 amide bonds. The van der Waals surface area contributed by atoms with Crippen LogP contribution in [0.1, 0.15) is 25.7 Å². The Bertz CT molecular complexity index is 188. The minimum atomic E-state index is -1.19. The third-order valence-electron chi connectivity index (χ3n) is 3.12. The molecule has 1 aliphatic heterocycles. The molecule has 12 heavy (non-hydrogen) atoms. The molecular weight excluding hydrogens is 164 g/mol. The third kappa shape index (κ3) is 2.06. The van der Waals surface area contributed by atoms with E-state index in [1.165, 1.54) is 30.5 Å². The van der Waals surface area contributed by atoms with Gasteiger partial charge in [-0.3, -0.25) is 0 Å². The minimum Gasteiger partial charge on any atom is -0.303 e. The van der Waals surface area contributed by atoms with Crippen LogP contribution in [0.4, 0.5) is 0 Å². The molecule has 0 aromatic rings. The summed E-state index contributed by atoms with van der Waals surface area (Å²) < 4.78 is 0. The van der Waals surface area contributed by atoms with Gasteiger partial charge in [0, 0.05) is 6.42 Å². The molecule has 2 heteroatoms. The normalized spacial score (nSPS) is 30.2. The van der Waals surface area contributed by atoms with Crippen molar-refractivity contribution in [1.82, 2.24) is 0 Å². The standard InChI is InChI=1S/C10H18OSi/c1-10-6-3-4-8-12(10,2)9-5-7-11/h7H,1,3-6,8-9H2,2H3. The molecule has 0 aromatic carbocycles. The Morgan fingerprint density at radius 3 is 2.92 bits per heavy atom. The number of allylic oxidation sites excluding steroid dienone is 1. The largest absolute Gasteiger partial charge is 0.303 e. The van der Waals surface area contributed by atoms with Gasteiger partial charge in [-0.2, -0.15) is 0 Å². The molecule has 0 bridgehead atoms. The molecule has 0 aliphatic carbocycles. The fourth-order valence-electron chi connectivity index (χ4n) is 2.01. The average Bonchev–Trinajstić information content (AvgIpc) is 2.07. The zero-order valence-corrected chi connectivity index (χ0v) is 8.94. The van der Waals surface area contributed by atoms with Crippen molar-refractivity contribution in [1.29, 1.82) is 0 Å². The van der Waals surface area contributed by atoms with Crippen LogP contribution in [-0.4, -0.2) is 14.4 Å². The highest BCUT2D eigenvalue weighted by Crippen LogP contribution is 2.34. The maximum absolute atomic E-state index is 10.3. The van der Waals surface area contributed by atoms with Crippen LogP contribution in [0.5, 0.6) is 0 Å². The van der Waals surface area contributed by atoms with E-state index in [-0.39, 0.29) is 0 Å². The summed E-state index contributed by atoms with van der Waals surface area (Å²) in [4.78, 5) is 10.3. The fraction of sp³-hybridized carbons (Fsp3) is 0.700. The smallest absolute Gasteiger partial charge is 0.119 e. The van der Waals surface area contributed by atoms with Crippen LogP contribution in [0.25, 0.3) is 0 Å². The van der Waals surface area contributed by atoms with Crippen molar-refractivity contribution in [3.63, 3.8) is 0 Å². The van der Waals surface area contributed by atoms with Crippen LogP contribution < -0.4 is 0 Å². The fourth-order valence-corrected chi connectivity index (χ4v) is 5.53. The van der Waals surface area contributed by atoms with Crippen molar-refractivity contribution in [2.75, 3.05) is 0 Å². The maximum atomic E-state index is 10.3. The minimum absolute atomic E-state index is 0.752. The van der Waals surface area contributed by atoms with Gasteiger partial charge in [0.05, 0.1) is 8.07 Å². The van der Waals surface area contributed by atoms with Gasteiger partial charge >= 0.3 is 0 Å². The number of aldehydes is 1. The molecule has 0 spiro atoms. The highest BCUT2D eigenvalue weighted by atomic mass is 28.3. The quantitative estimate of drug-likeness (QED) is 0.484. The van der Waals surface area contributed by atoms with Crippen molar-refractivity contribution >= 4 is 14.4 Å². The van der Waals surface area contributed by atoms with Crippen molar-refractivity contribution in [3.05, 3.63) is 11.8 Å². The summed E-state index contributed by atoms with van der Waals surface area (Å²) in [6.07, 6.45) is 5.71. The molecule has 1 heterocycles. The van der Waals surface area contributed by atoms with E-state index >= 15 is 0 Å². The summed E-state index contributed by atoms with van der Waals surface area (Å²) >= 11 is 0. The Labute approximate surface area is 75.9 Å². The number of rotatable bonds is 3. The van der Waals surface area contributed by atoms with E-state index in [2.05, 4.69) is 13.1 Å². The lowest BCUT2D eigenvalue weighted by molar-refractivity contribution is -0.107. The van der Waals surface area contributed by atoms with E-state index in [1.54, 1.807) is 0 Å². The first kappa shape index (κ1) is 9.71. The topological polar surface area (TPSA) is 17.1 Å². The highest BCUT2D eigenvalue weighted by molar-refractivity contribution is 6.85. The van der Waals surface area contributed by atoms with E-state index in [1.807, 2.05) is 0 Å². The number of carbonyl (C=O) groups is 1. The molecule has 1 rings (SSSR count). The second-order valence-corrected chi connectivity index (χ2v) is 8.91. The third-order valence-corrected chi connectivity index (χ3v) is 7.93. The first-order valence-corrected chi connectivity index (χ1v) is 7.72. The van der Waals surface area contributed by atoms with Crippen molar-refractivity contribution in [2.45, 2.75) is 44.3 Å². The van der Waals surface area contributed by atoms with Crippen molar-refractivity contribution < 1.29 is 4.79 Å². The van der Waals surface area contributed by atoms with Crippen LogP contribution in [0, 0.1) is 0 Å². The van der Waals surface area contributed by atoms with Gasteiger partial charge in [0.2, 0.25) is 0 Å². The van der Waals surface area contributed by atoms with Gasteiger partial charge in [-0.15, -0.1) is 6.58 Å². The first-order valence-electron chi connectivity index (χ1n) is 4.81. The van der Waals surface area contributed by atoms with Gasteiger partial charge < -0.3 is 4.79 Å². The molecule has 1 atom stereocenters. The first-order chi connectivity index (χ1) is 5.69. The van der Waals surface area contributed by atoms with E-state index in [9.17, 15) is 4.79 Å². The van der Waals surface area contributed by atoms with Gasteiger partial charge in [-0.25, -0.2) is 0 Å². The summed E-state index contributed by atoms with van der Waals surface area (Å²) in [5.41, 5.74) is 0. The van der Waals surface area contributed by atoms with Gasteiger partial charge in [0.1, 0.15) is 6.29 Å². The molecule has 68 valence electrons. The van der Waals surface area contributed by atoms with Crippen LogP contribution in [0.3, 0.4) is 0 Å². The maximum Gasteiger partial charge on any atom is 0.119 e. The molecule has 0 radical (unpaired) electrons. The summed E-state index contributed by atoms with van der Waals surface area (Å²) in [6.45, 7) is 6.55. The van der Waals surface area contributed by atoms with Crippen LogP contribution in [-0.2, 0) is 4.79 Å². The van der Waals surface area contributed by atoms with Gasteiger partial charge in [0.15, 0.2) is 0 Å². The lowest BCUT2D eigenvalue weighted by Crippen LogP contribution is -2.35. The molecule has 1 unspecified atom stereocenters. The van der Waals surface area contributed by atoms with E-state index in [0.29, 0.717) is 0 Å². The summed E-state index contributed by atoms with van der Waals surface area (Å²) in [5, 5.41) is 1.50. The molecule has 1 nitrogen and oxygen atoms in total. The molecule has 0 saturated carbocycles. The Hall–Kier alpha value is -0.373. The van der Waals surface area contributed by atoms with Crippen molar-refractivity contribution in [2.24, 2.45) is 0 Å². The molecule has 1 saturated heterocycles. The molecular formula is C10H18OSi. The summed E-state index contributed by atoms with van der Waals surface area (Å²) in [6, 6.07) is 2.50. The average molecular weight is 182 g/mol. The SMILES string of the molecule is C=C1CCCC[Si]1(C)CCC=O. The van der Waals surface area contributed by atoms with Gasteiger partial charge in [-0.05, 0) is 12.5 Å². The van der Waals surface area contributed by atoms with Crippen LogP contribution in [0.15, 0.2) is 11.8 Å². The molecule has 0 N–H and O–H groups in total. The van der Waals surface area contributed by atoms with Gasteiger partial charge in [0.25, 0.3) is 0 Å². The Balaban J connectivity index is 2.53. The second kappa shape index (κ2) is 4.03. The number of hydrogen-bond donors (Lipinski definition) is 0. The van der Waals surface area contributed by atoms with E-state index in [4.69, 9.17) is 0 Å². The Morgan fingerprint density at radius 2 is 2.33 bits per heavy atom. The Morgan fingerprint density at radius 1 is 1.58 bits per heavy atom. The number of hydrogen-bond acceptors (Lipinski definition) is 1. The predicted molar refractivity (Wildman–Crippen MR) is 54.9 cm³/mol. The predicted octanol–water partition coefficient (Wildman–Crippen LogP) is 2.93. The lowest BCUT2D eigenvalue weighted by Gasteiger charge is -2.33. The summed E-state index contributed by atoms with van der Waals surface area (Å²) in [7, 11) is -1.19. The van der Waals surface area contributed by atoms with Gasteiger partial charge in [-0.1, -0.05) is 30.6 Å². The second-order valence-electron chi connectivity index (χ2n) is 4.08.